The molecule has 33 heavy (non-hydrogen) atoms. The quantitative estimate of drug-likeness (QED) is 0.531. The Labute approximate surface area is 187 Å². The number of primary amides is 1. The molecule has 1 aliphatic rings. The van der Waals surface area contributed by atoms with Crippen molar-refractivity contribution in [2.24, 2.45) is 5.73 Å². The second kappa shape index (κ2) is 8.80. The van der Waals surface area contributed by atoms with E-state index in [1.165, 1.54) is 12.1 Å². The number of benzene rings is 2. The van der Waals surface area contributed by atoms with Gasteiger partial charge in [0.2, 0.25) is 5.91 Å². The van der Waals surface area contributed by atoms with Crippen LogP contribution in [0.4, 0.5) is 13.2 Å². The number of carboxylic acid groups (broad SMARTS) is 1. The third-order valence-corrected chi connectivity index (χ3v) is 6.02. The number of nitrogens with zero attached hydrogens (tertiary/aromatic N) is 1. The van der Waals surface area contributed by atoms with Crippen molar-refractivity contribution in [3.63, 3.8) is 0 Å². The van der Waals surface area contributed by atoms with Crippen molar-refractivity contribution < 1.29 is 32.6 Å². The molecule has 1 amide bonds. The van der Waals surface area contributed by atoms with Gasteiger partial charge in [0.05, 0.1) is 17.0 Å². The van der Waals surface area contributed by atoms with Gasteiger partial charge in [-0.15, -0.1) is 0 Å². The number of nitrogens with two attached hydrogens (primary N) is 1. The Morgan fingerprint density at radius 3 is 2.48 bits per heavy atom. The summed E-state index contributed by atoms with van der Waals surface area (Å²) in [5.41, 5.74) is 8.00. The smallest absolute Gasteiger partial charge is 0.416 e. The molecule has 6 nitrogen and oxygen atoms in total. The molecular weight excluding hydrogens is 437 g/mol. The average molecular weight is 460 g/mol. The maximum absolute atomic E-state index is 13.0. The number of aliphatic carboxylic acids is 1. The van der Waals surface area contributed by atoms with E-state index in [1.54, 1.807) is 12.1 Å². The van der Waals surface area contributed by atoms with Gasteiger partial charge in [0.1, 0.15) is 5.75 Å². The number of hydrogen-bond donors (Lipinski definition) is 2. The molecule has 1 aliphatic carbocycles. The standard InChI is InChI=1S/C24H23F3N2O4/c25-24(26,27)15-10-8-14(9-11-15)12-29-17-5-2-1-4-16(23(28)32)21(17)22-18(29)6-3-7-19(22)33-13-20(30)31/h3,6-11,16H,1-2,4-5,12-13H2,(H2,28,32)(H,30,31). The van der Waals surface area contributed by atoms with E-state index in [0.29, 0.717) is 29.5 Å². The highest BCUT2D eigenvalue weighted by Gasteiger charge is 2.32. The topological polar surface area (TPSA) is 94.6 Å². The third-order valence-electron chi connectivity index (χ3n) is 6.02. The van der Waals surface area contributed by atoms with E-state index >= 15 is 0 Å². The molecule has 9 heteroatoms. The van der Waals surface area contributed by atoms with E-state index in [9.17, 15) is 22.8 Å². The van der Waals surface area contributed by atoms with Gasteiger partial charge in [-0.25, -0.2) is 4.79 Å². The molecule has 0 spiro atoms. The summed E-state index contributed by atoms with van der Waals surface area (Å²) in [6.07, 6.45) is -1.57. The van der Waals surface area contributed by atoms with Gasteiger partial charge in [0.15, 0.2) is 6.61 Å². The zero-order chi connectivity index (χ0) is 23.8. The van der Waals surface area contributed by atoms with E-state index in [4.69, 9.17) is 15.6 Å². The van der Waals surface area contributed by atoms with Crippen LogP contribution in [-0.4, -0.2) is 28.2 Å². The molecule has 0 saturated heterocycles. The highest BCUT2D eigenvalue weighted by Crippen LogP contribution is 2.42. The second-order valence-corrected chi connectivity index (χ2v) is 8.17. The number of amides is 1. The fourth-order valence-electron chi connectivity index (χ4n) is 4.59. The Hall–Kier alpha value is -3.49. The van der Waals surface area contributed by atoms with Crippen molar-refractivity contribution >= 4 is 22.8 Å². The fraction of sp³-hybridized carbons (Fsp3) is 0.333. The average Bonchev–Trinajstić information content (AvgIpc) is 2.91. The molecule has 0 radical (unpaired) electrons. The van der Waals surface area contributed by atoms with E-state index in [-0.39, 0.29) is 6.54 Å². The summed E-state index contributed by atoms with van der Waals surface area (Å²) in [6, 6.07) is 10.2. The number of carbonyl (C=O) groups excluding carboxylic acids is 1. The maximum Gasteiger partial charge on any atom is 0.416 e. The van der Waals surface area contributed by atoms with Crippen LogP contribution in [0.15, 0.2) is 42.5 Å². The first-order chi connectivity index (χ1) is 15.7. The first kappa shape index (κ1) is 22.7. The minimum absolute atomic E-state index is 0.290. The Balaban J connectivity index is 1.87. The van der Waals surface area contributed by atoms with Crippen LogP contribution >= 0.6 is 0 Å². The normalized spacial score (nSPS) is 16.3. The lowest BCUT2D eigenvalue weighted by molar-refractivity contribution is -0.139. The lowest BCUT2D eigenvalue weighted by Gasteiger charge is -2.14. The Morgan fingerprint density at radius 1 is 1.12 bits per heavy atom. The van der Waals surface area contributed by atoms with Crippen LogP contribution in [0.3, 0.4) is 0 Å². The largest absolute Gasteiger partial charge is 0.481 e. The summed E-state index contributed by atoms with van der Waals surface area (Å²) in [7, 11) is 0. The molecular formula is C24H23F3N2O4. The number of alkyl halides is 3. The van der Waals surface area contributed by atoms with Crippen molar-refractivity contribution in [2.45, 2.75) is 44.3 Å². The Bertz CT molecular complexity index is 1200. The van der Waals surface area contributed by atoms with Crippen molar-refractivity contribution in [3.05, 3.63) is 64.8 Å². The molecule has 0 bridgehead atoms. The Morgan fingerprint density at radius 2 is 1.85 bits per heavy atom. The molecule has 1 atom stereocenters. The number of fused-ring (bicyclic) bond motifs is 3. The van der Waals surface area contributed by atoms with Crippen LogP contribution in [0.5, 0.6) is 5.75 Å². The van der Waals surface area contributed by atoms with Crippen molar-refractivity contribution in [2.75, 3.05) is 6.61 Å². The van der Waals surface area contributed by atoms with Gasteiger partial charge < -0.3 is 20.1 Å². The van der Waals surface area contributed by atoms with Gasteiger partial charge in [-0.1, -0.05) is 24.6 Å². The monoisotopic (exact) mass is 460 g/mol. The highest BCUT2D eigenvalue weighted by molar-refractivity contribution is 5.97. The van der Waals surface area contributed by atoms with Crippen LogP contribution in [0, 0.1) is 0 Å². The molecule has 1 unspecified atom stereocenters. The molecule has 0 fully saturated rings. The highest BCUT2D eigenvalue weighted by atomic mass is 19.4. The van der Waals surface area contributed by atoms with Gasteiger partial charge in [-0.2, -0.15) is 13.2 Å². The van der Waals surface area contributed by atoms with Crippen molar-refractivity contribution in [3.8, 4) is 5.75 Å². The number of halogens is 3. The number of rotatable bonds is 6. The van der Waals surface area contributed by atoms with Gasteiger partial charge in [-0.3, -0.25) is 4.79 Å². The number of hydrogen-bond acceptors (Lipinski definition) is 3. The van der Waals surface area contributed by atoms with Crippen LogP contribution in [0.2, 0.25) is 0 Å². The van der Waals surface area contributed by atoms with E-state index in [2.05, 4.69) is 0 Å². The second-order valence-electron chi connectivity index (χ2n) is 8.17. The molecule has 0 saturated carbocycles. The minimum atomic E-state index is -4.42. The van der Waals surface area contributed by atoms with E-state index < -0.39 is 36.1 Å². The van der Waals surface area contributed by atoms with E-state index in [0.717, 1.165) is 41.7 Å². The number of carboxylic acids is 1. The molecule has 0 aliphatic heterocycles. The number of aromatic nitrogens is 1. The van der Waals surface area contributed by atoms with Crippen LogP contribution in [-0.2, 0) is 28.7 Å². The molecule has 1 heterocycles. The van der Waals surface area contributed by atoms with Gasteiger partial charge in [0, 0.05) is 17.6 Å². The summed E-state index contributed by atoms with van der Waals surface area (Å²) < 4.78 is 46.4. The predicted octanol–water partition coefficient (Wildman–Crippen LogP) is 4.47. The molecule has 4 rings (SSSR count). The van der Waals surface area contributed by atoms with Crippen LogP contribution < -0.4 is 10.5 Å². The van der Waals surface area contributed by atoms with Gasteiger partial charge in [0.25, 0.3) is 0 Å². The van der Waals surface area contributed by atoms with Crippen molar-refractivity contribution in [1.29, 1.82) is 0 Å². The summed E-state index contributed by atoms with van der Waals surface area (Å²) in [6.45, 7) is -0.253. The number of carbonyl (C=O) groups is 2. The number of ether oxygens (including phenoxy) is 1. The molecule has 3 N–H and O–H groups in total. The summed E-state index contributed by atoms with van der Waals surface area (Å²) in [5, 5.41) is 9.70. The molecule has 174 valence electrons. The third kappa shape index (κ3) is 4.53. The molecule has 3 aromatic rings. The van der Waals surface area contributed by atoms with Crippen molar-refractivity contribution in [1.82, 2.24) is 4.57 Å². The lowest BCUT2D eigenvalue weighted by atomic mass is 9.92. The van der Waals surface area contributed by atoms with Crippen LogP contribution in [0.25, 0.3) is 10.9 Å². The van der Waals surface area contributed by atoms with E-state index in [1.807, 2.05) is 10.6 Å². The fourth-order valence-corrected chi connectivity index (χ4v) is 4.59. The SMILES string of the molecule is NC(=O)C1CCCCc2c1c1c(OCC(=O)O)cccc1n2Cc1ccc(C(F)(F)F)cc1. The van der Waals surface area contributed by atoms with Crippen LogP contribution in [0.1, 0.15) is 47.6 Å². The Kier molecular flexibility index (Phi) is 6.05. The van der Waals surface area contributed by atoms with Gasteiger partial charge in [-0.05, 0) is 54.7 Å². The summed E-state index contributed by atoms with van der Waals surface area (Å²) >= 11 is 0. The first-order valence-corrected chi connectivity index (χ1v) is 10.6. The summed E-state index contributed by atoms with van der Waals surface area (Å²) in [5.74, 6) is -1.83. The zero-order valence-corrected chi connectivity index (χ0v) is 17.7. The minimum Gasteiger partial charge on any atom is -0.481 e. The summed E-state index contributed by atoms with van der Waals surface area (Å²) in [4.78, 5) is 23.4. The molecule has 2 aromatic carbocycles. The maximum atomic E-state index is 13.0. The first-order valence-electron chi connectivity index (χ1n) is 10.6. The predicted molar refractivity (Wildman–Crippen MR) is 115 cm³/mol. The van der Waals surface area contributed by atoms with Gasteiger partial charge >= 0.3 is 12.1 Å². The zero-order valence-electron chi connectivity index (χ0n) is 17.7. The molecule has 1 aromatic heterocycles. The lowest BCUT2D eigenvalue weighted by Crippen LogP contribution is -2.21.